The highest BCUT2D eigenvalue weighted by molar-refractivity contribution is 6.19. The average Bonchev–Trinajstić information content (AvgIpc) is 2.38. The molecule has 9 heavy (non-hydrogen) atoms. The number of aliphatic hydroxyl groups is 1. The van der Waals surface area contributed by atoms with Crippen molar-refractivity contribution in [1.82, 2.24) is 0 Å². The zero-order chi connectivity index (χ0) is 6.48. The van der Waals surface area contributed by atoms with E-state index in [9.17, 15) is 9.90 Å². The summed E-state index contributed by atoms with van der Waals surface area (Å²) < 4.78 is 0. The summed E-state index contributed by atoms with van der Waals surface area (Å²) in [5.74, 6) is -0.484. The molecule has 0 bridgehead atoms. The third-order valence-electron chi connectivity index (χ3n) is 1.72. The smallest absolute Gasteiger partial charge is 0.181 e. The SMILES string of the molecule is O=C1[C@@H]2C=NC=C[C@]12O. The van der Waals surface area contributed by atoms with E-state index in [0.717, 1.165) is 0 Å². The Hall–Kier alpha value is -0.960. The summed E-state index contributed by atoms with van der Waals surface area (Å²) in [4.78, 5) is 14.4. The van der Waals surface area contributed by atoms with Gasteiger partial charge in [-0.05, 0) is 6.08 Å². The highest BCUT2D eigenvalue weighted by Crippen LogP contribution is 2.40. The van der Waals surface area contributed by atoms with Crippen molar-refractivity contribution in [2.24, 2.45) is 10.9 Å². The van der Waals surface area contributed by atoms with Crippen LogP contribution in [-0.2, 0) is 4.79 Å². The minimum absolute atomic E-state index is 0.139. The highest BCUT2D eigenvalue weighted by atomic mass is 16.3. The molecular formula is C6H5NO2. The molecule has 0 spiro atoms. The first-order chi connectivity index (χ1) is 4.25. The van der Waals surface area contributed by atoms with Gasteiger partial charge in [0, 0.05) is 12.4 Å². The number of hydrogen-bond donors (Lipinski definition) is 1. The highest BCUT2D eigenvalue weighted by Gasteiger charge is 2.62. The van der Waals surface area contributed by atoms with E-state index in [1.54, 1.807) is 0 Å². The maximum atomic E-state index is 10.6. The number of nitrogens with zero attached hydrogens (tertiary/aromatic N) is 1. The van der Waals surface area contributed by atoms with E-state index in [-0.39, 0.29) is 11.7 Å². The van der Waals surface area contributed by atoms with Crippen LogP contribution in [0.15, 0.2) is 17.3 Å². The van der Waals surface area contributed by atoms with E-state index in [1.807, 2.05) is 0 Å². The van der Waals surface area contributed by atoms with Gasteiger partial charge in [0.15, 0.2) is 11.4 Å². The van der Waals surface area contributed by atoms with Crippen LogP contribution in [-0.4, -0.2) is 22.7 Å². The predicted molar refractivity (Wildman–Crippen MR) is 31.1 cm³/mol. The molecule has 2 aliphatic rings. The Bertz CT molecular complexity index is 231. The Morgan fingerprint density at radius 1 is 1.78 bits per heavy atom. The van der Waals surface area contributed by atoms with Crippen molar-refractivity contribution < 1.29 is 9.90 Å². The molecule has 0 aromatic carbocycles. The van der Waals surface area contributed by atoms with Gasteiger partial charge in [0.05, 0.1) is 5.92 Å². The van der Waals surface area contributed by atoms with Gasteiger partial charge in [0.2, 0.25) is 0 Å². The van der Waals surface area contributed by atoms with E-state index in [4.69, 9.17) is 0 Å². The second-order valence-electron chi connectivity index (χ2n) is 2.28. The third kappa shape index (κ3) is 0.404. The van der Waals surface area contributed by atoms with Crippen molar-refractivity contribution in [2.75, 3.05) is 0 Å². The largest absolute Gasteiger partial charge is 0.377 e. The quantitative estimate of drug-likeness (QED) is 0.472. The molecule has 3 heteroatoms. The molecule has 1 fully saturated rings. The van der Waals surface area contributed by atoms with E-state index >= 15 is 0 Å². The van der Waals surface area contributed by atoms with Crippen molar-refractivity contribution in [3.8, 4) is 0 Å². The lowest BCUT2D eigenvalue weighted by Gasteiger charge is -1.97. The lowest BCUT2D eigenvalue weighted by molar-refractivity contribution is -0.114. The molecule has 2 atom stereocenters. The van der Waals surface area contributed by atoms with E-state index in [2.05, 4.69) is 4.99 Å². The average molecular weight is 123 g/mol. The molecule has 0 aromatic heterocycles. The first kappa shape index (κ1) is 4.88. The van der Waals surface area contributed by atoms with Crippen molar-refractivity contribution >= 4 is 12.0 Å². The number of aliphatic imine (C=N–C) groups is 1. The Morgan fingerprint density at radius 3 is 3.00 bits per heavy atom. The summed E-state index contributed by atoms with van der Waals surface area (Å²) in [6.45, 7) is 0. The van der Waals surface area contributed by atoms with Crippen LogP contribution in [0.25, 0.3) is 0 Å². The number of carbonyl (C=O) groups excluding carboxylic acids is 1. The topological polar surface area (TPSA) is 49.7 Å². The Labute approximate surface area is 51.7 Å². The van der Waals surface area contributed by atoms with Crippen LogP contribution in [0.4, 0.5) is 0 Å². The minimum atomic E-state index is -1.16. The minimum Gasteiger partial charge on any atom is -0.377 e. The fourth-order valence-electron chi connectivity index (χ4n) is 0.991. The summed E-state index contributed by atoms with van der Waals surface area (Å²) in [6, 6.07) is 0. The van der Waals surface area contributed by atoms with Crippen LogP contribution < -0.4 is 0 Å². The van der Waals surface area contributed by atoms with Crippen LogP contribution in [0, 0.1) is 5.92 Å². The number of carbonyl (C=O) groups is 1. The number of Topliss-reactive ketones (excluding diaryl/α,β-unsaturated/α-hetero) is 1. The van der Waals surface area contributed by atoms with Gasteiger partial charge in [-0.1, -0.05) is 0 Å². The number of fused-ring (bicyclic) bond motifs is 1. The van der Waals surface area contributed by atoms with Crippen molar-refractivity contribution in [3.05, 3.63) is 12.3 Å². The van der Waals surface area contributed by atoms with E-state index < -0.39 is 5.60 Å². The maximum Gasteiger partial charge on any atom is 0.181 e. The van der Waals surface area contributed by atoms with Gasteiger partial charge in [-0.25, -0.2) is 0 Å². The summed E-state index contributed by atoms with van der Waals surface area (Å²) in [5, 5.41) is 9.19. The molecule has 0 amide bonds. The van der Waals surface area contributed by atoms with Crippen LogP contribution >= 0.6 is 0 Å². The summed E-state index contributed by atoms with van der Waals surface area (Å²) >= 11 is 0. The van der Waals surface area contributed by atoms with Crippen molar-refractivity contribution in [2.45, 2.75) is 5.60 Å². The first-order valence-electron chi connectivity index (χ1n) is 2.73. The van der Waals surface area contributed by atoms with Gasteiger partial charge in [-0.15, -0.1) is 0 Å². The molecule has 1 aliphatic carbocycles. The molecule has 0 unspecified atom stereocenters. The fourth-order valence-corrected chi connectivity index (χ4v) is 0.991. The number of hydrogen-bond acceptors (Lipinski definition) is 3. The summed E-state index contributed by atoms with van der Waals surface area (Å²) in [6.07, 6.45) is 4.35. The first-order valence-corrected chi connectivity index (χ1v) is 2.73. The lowest BCUT2D eigenvalue weighted by atomic mass is 10.2. The van der Waals surface area contributed by atoms with Gasteiger partial charge in [0.1, 0.15) is 0 Å². The van der Waals surface area contributed by atoms with Gasteiger partial charge in [-0.3, -0.25) is 9.79 Å². The molecule has 1 N–H and O–H groups in total. The molecule has 1 aliphatic heterocycles. The van der Waals surface area contributed by atoms with Crippen molar-refractivity contribution in [1.29, 1.82) is 0 Å². The maximum absolute atomic E-state index is 10.6. The molecule has 0 aromatic rings. The van der Waals surface area contributed by atoms with Crippen LogP contribution in [0.5, 0.6) is 0 Å². The molecular weight excluding hydrogens is 118 g/mol. The predicted octanol–water partition coefficient (Wildman–Crippen LogP) is -0.486. The molecule has 0 saturated heterocycles. The van der Waals surface area contributed by atoms with Gasteiger partial charge in [0.25, 0.3) is 0 Å². The normalized spacial score (nSPS) is 45.0. The standard InChI is InChI=1S/C6H5NO2/c8-5-4-3-7-2-1-6(4,5)9/h1-4,9H/t4-,6+/m0/s1. The van der Waals surface area contributed by atoms with Crippen molar-refractivity contribution in [3.63, 3.8) is 0 Å². The van der Waals surface area contributed by atoms with Gasteiger partial charge in [-0.2, -0.15) is 0 Å². The fraction of sp³-hybridized carbons (Fsp3) is 0.333. The van der Waals surface area contributed by atoms with Crippen LogP contribution in [0.2, 0.25) is 0 Å². The number of ketones is 1. The third-order valence-corrected chi connectivity index (χ3v) is 1.72. The van der Waals surface area contributed by atoms with Gasteiger partial charge < -0.3 is 5.11 Å². The zero-order valence-corrected chi connectivity index (χ0v) is 4.61. The second-order valence-corrected chi connectivity index (χ2v) is 2.28. The lowest BCUT2D eigenvalue weighted by Crippen LogP contribution is -2.10. The van der Waals surface area contributed by atoms with E-state index in [1.165, 1.54) is 18.5 Å². The number of rotatable bonds is 0. The van der Waals surface area contributed by atoms with E-state index in [0.29, 0.717) is 0 Å². The van der Waals surface area contributed by atoms with Crippen LogP contribution in [0.1, 0.15) is 0 Å². The molecule has 1 saturated carbocycles. The molecule has 46 valence electrons. The van der Waals surface area contributed by atoms with Gasteiger partial charge >= 0.3 is 0 Å². The molecule has 1 heterocycles. The second kappa shape index (κ2) is 1.14. The Morgan fingerprint density at radius 2 is 2.56 bits per heavy atom. The molecule has 3 nitrogen and oxygen atoms in total. The molecule has 2 rings (SSSR count). The van der Waals surface area contributed by atoms with Crippen LogP contribution in [0.3, 0.4) is 0 Å². The Balaban J connectivity index is 2.43. The summed E-state index contributed by atoms with van der Waals surface area (Å²) in [5.41, 5.74) is -1.16. The zero-order valence-electron chi connectivity index (χ0n) is 4.61. The Kier molecular flexibility index (Phi) is 0.615. The molecule has 0 radical (unpaired) electrons. The summed E-state index contributed by atoms with van der Waals surface area (Å²) in [7, 11) is 0. The monoisotopic (exact) mass is 123 g/mol.